The Balaban J connectivity index is 1.48. The zero-order chi connectivity index (χ0) is 21.7. The molecule has 166 valence electrons. The Morgan fingerprint density at radius 2 is 1.75 bits per heavy atom. The van der Waals surface area contributed by atoms with E-state index < -0.39 is 0 Å². The van der Waals surface area contributed by atoms with Crippen molar-refractivity contribution in [2.75, 3.05) is 29.4 Å². The molecule has 2 aromatic heterocycles. The average molecular weight is 427 g/mol. The number of nitrogens with zero attached hydrogens (tertiary/aromatic N) is 4. The topological polar surface area (TPSA) is 32.3 Å². The van der Waals surface area contributed by atoms with Gasteiger partial charge < -0.3 is 9.80 Å². The van der Waals surface area contributed by atoms with Crippen molar-refractivity contribution in [3.05, 3.63) is 48.0 Å². The second-order valence-corrected chi connectivity index (χ2v) is 10.4. The number of hydrogen-bond donors (Lipinski definition) is 0. The molecule has 0 amide bonds. The van der Waals surface area contributed by atoms with Gasteiger partial charge in [-0.15, -0.1) is 0 Å². The molecule has 3 aliphatic rings. The van der Waals surface area contributed by atoms with E-state index in [1.54, 1.807) is 0 Å². The van der Waals surface area contributed by atoms with Gasteiger partial charge in [-0.25, -0.2) is 9.97 Å². The van der Waals surface area contributed by atoms with Crippen molar-refractivity contribution in [2.24, 2.45) is 11.8 Å². The Bertz CT molecular complexity index is 1130. The van der Waals surface area contributed by atoms with E-state index in [0.29, 0.717) is 6.04 Å². The van der Waals surface area contributed by atoms with Gasteiger partial charge in [-0.3, -0.25) is 0 Å². The molecule has 1 saturated carbocycles. The van der Waals surface area contributed by atoms with Gasteiger partial charge >= 0.3 is 0 Å². The van der Waals surface area contributed by atoms with E-state index in [1.165, 1.54) is 73.8 Å². The Kier molecular flexibility index (Phi) is 5.04. The number of benzene rings is 1. The van der Waals surface area contributed by atoms with Crippen LogP contribution in [0.2, 0.25) is 0 Å². The molecule has 0 N–H and O–H groups in total. The number of anilines is 2. The lowest BCUT2D eigenvalue weighted by Gasteiger charge is -2.37. The molecule has 6 rings (SSSR count). The molecule has 1 aromatic carbocycles. The number of piperidine rings is 2. The van der Waals surface area contributed by atoms with Gasteiger partial charge in [0.15, 0.2) is 5.65 Å². The monoisotopic (exact) mass is 426 g/mol. The van der Waals surface area contributed by atoms with Crippen LogP contribution in [0.15, 0.2) is 42.5 Å². The Labute approximate surface area is 191 Å². The molecule has 1 aliphatic carbocycles. The summed E-state index contributed by atoms with van der Waals surface area (Å²) < 4.78 is 0. The number of hydrogen-bond acceptors (Lipinski definition) is 4. The van der Waals surface area contributed by atoms with Gasteiger partial charge in [0.05, 0.1) is 11.4 Å². The molecule has 32 heavy (non-hydrogen) atoms. The zero-order valence-electron chi connectivity index (χ0n) is 19.4. The van der Waals surface area contributed by atoms with Crippen molar-refractivity contribution in [1.29, 1.82) is 0 Å². The minimum atomic E-state index is 0.541. The highest BCUT2D eigenvalue weighted by Gasteiger charge is 2.34. The minimum Gasteiger partial charge on any atom is -0.370 e. The lowest BCUT2D eigenvalue weighted by atomic mass is 9.97. The summed E-state index contributed by atoms with van der Waals surface area (Å²) in [5, 5.41) is 1.20. The quantitative estimate of drug-likeness (QED) is 0.498. The summed E-state index contributed by atoms with van der Waals surface area (Å²) in [4.78, 5) is 15.4. The lowest BCUT2D eigenvalue weighted by Crippen LogP contribution is -2.39. The highest BCUT2D eigenvalue weighted by atomic mass is 15.2. The Hall–Kier alpha value is -2.62. The normalized spacial score (nSPS) is 25.5. The third-order valence-corrected chi connectivity index (χ3v) is 8.00. The van der Waals surface area contributed by atoms with Crippen molar-refractivity contribution in [2.45, 2.75) is 58.4 Å². The lowest BCUT2D eigenvalue weighted by molar-refractivity contribution is 0.421. The standard InChI is InChI=1S/C28H34N4/c1-19-6-5-8-23(14-19)25-12-11-24-26(31-17-21-9-10-22(15-21)18-31)16-27(30-28(24)29-25)32-13-4-3-7-20(32)2/h5-6,8,11-12,14,16,20-22H,3-4,7,9-10,13,15,17-18H2,1-2H3. The average Bonchev–Trinajstić information content (AvgIpc) is 3.15. The van der Waals surface area contributed by atoms with Crippen molar-refractivity contribution in [1.82, 2.24) is 9.97 Å². The van der Waals surface area contributed by atoms with Gasteiger partial charge in [0.2, 0.25) is 0 Å². The largest absolute Gasteiger partial charge is 0.370 e. The maximum absolute atomic E-state index is 5.16. The molecule has 4 heteroatoms. The first-order valence-corrected chi connectivity index (χ1v) is 12.5. The van der Waals surface area contributed by atoms with Crippen molar-refractivity contribution in [3.8, 4) is 11.3 Å². The van der Waals surface area contributed by atoms with Gasteiger partial charge in [0.25, 0.3) is 0 Å². The van der Waals surface area contributed by atoms with E-state index in [-0.39, 0.29) is 0 Å². The first kappa shape index (κ1) is 20.0. The molecule has 3 aromatic rings. The summed E-state index contributed by atoms with van der Waals surface area (Å²) in [5.74, 6) is 2.83. The fraction of sp³-hybridized carbons (Fsp3) is 0.500. The molecule has 3 atom stereocenters. The Morgan fingerprint density at radius 1 is 0.906 bits per heavy atom. The predicted octanol–water partition coefficient (Wildman–Crippen LogP) is 6.22. The van der Waals surface area contributed by atoms with Crippen LogP contribution in [0.3, 0.4) is 0 Å². The van der Waals surface area contributed by atoms with Gasteiger partial charge in [-0.1, -0.05) is 23.8 Å². The van der Waals surface area contributed by atoms with E-state index in [1.807, 2.05) is 0 Å². The summed E-state index contributed by atoms with van der Waals surface area (Å²) in [6.07, 6.45) is 8.05. The summed E-state index contributed by atoms with van der Waals surface area (Å²) in [6, 6.07) is 16.0. The molecule has 2 bridgehead atoms. The zero-order valence-corrected chi connectivity index (χ0v) is 19.4. The van der Waals surface area contributed by atoms with E-state index in [4.69, 9.17) is 9.97 Å². The number of aryl methyl sites for hydroxylation is 1. The SMILES string of the molecule is Cc1cccc(-c2ccc3c(N4CC5CCC(C5)C4)cc(N4CCCCC4C)nc3n2)c1. The number of fused-ring (bicyclic) bond motifs is 3. The van der Waals surface area contributed by atoms with Crippen LogP contribution in [0.25, 0.3) is 22.3 Å². The van der Waals surface area contributed by atoms with Crippen LogP contribution in [0.1, 0.15) is 51.0 Å². The van der Waals surface area contributed by atoms with Gasteiger partial charge in [0.1, 0.15) is 5.82 Å². The first-order chi connectivity index (χ1) is 15.6. The maximum atomic E-state index is 5.16. The Morgan fingerprint density at radius 3 is 2.53 bits per heavy atom. The molecule has 0 radical (unpaired) electrons. The second-order valence-electron chi connectivity index (χ2n) is 10.4. The van der Waals surface area contributed by atoms with E-state index >= 15 is 0 Å². The van der Waals surface area contributed by atoms with E-state index in [2.05, 4.69) is 66.1 Å². The predicted molar refractivity (Wildman–Crippen MR) is 133 cm³/mol. The van der Waals surface area contributed by atoms with Gasteiger partial charge in [-0.05, 0) is 82.4 Å². The van der Waals surface area contributed by atoms with Gasteiger partial charge in [0, 0.05) is 42.7 Å². The molecule has 3 fully saturated rings. The summed E-state index contributed by atoms with van der Waals surface area (Å²) >= 11 is 0. The highest BCUT2D eigenvalue weighted by Crippen LogP contribution is 2.41. The van der Waals surface area contributed by atoms with Crippen LogP contribution in [-0.2, 0) is 0 Å². The summed E-state index contributed by atoms with van der Waals surface area (Å²) in [7, 11) is 0. The number of rotatable bonds is 3. The van der Waals surface area contributed by atoms with Crippen LogP contribution in [-0.4, -0.2) is 35.6 Å². The van der Waals surface area contributed by atoms with E-state index in [0.717, 1.165) is 35.5 Å². The van der Waals surface area contributed by atoms with Crippen molar-refractivity contribution >= 4 is 22.5 Å². The molecule has 2 aliphatic heterocycles. The molecule has 2 saturated heterocycles. The number of aromatic nitrogens is 2. The fourth-order valence-corrected chi connectivity index (χ4v) is 6.29. The molecular weight excluding hydrogens is 392 g/mol. The fourth-order valence-electron chi connectivity index (χ4n) is 6.29. The summed E-state index contributed by atoms with van der Waals surface area (Å²) in [6.45, 7) is 7.96. The third-order valence-electron chi connectivity index (χ3n) is 8.00. The van der Waals surface area contributed by atoms with Crippen LogP contribution < -0.4 is 9.80 Å². The first-order valence-electron chi connectivity index (χ1n) is 12.5. The molecule has 4 heterocycles. The smallest absolute Gasteiger partial charge is 0.164 e. The highest BCUT2D eigenvalue weighted by molar-refractivity contribution is 5.93. The van der Waals surface area contributed by atoms with Gasteiger partial charge in [-0.2, -0.15) is 0 Å². The van der Waals surface area contributed by atoms with E-state index in [9.17, 15) is 0 Å². The van der Waals surface area contributed by atoms with Crippen LogP contribution in [0.4, 0.5) is 11.5 Å². The number of pyridine rings is 2. The minimum absolute atomic E-state index is 0.541. The van der Waals surface area contributed by atoms with Crippen LogP contribution in [0.5, 0.6) is 0 Å². The van der Waals surface area contributed by atoms with Crippen molar-refractivity contribution in [3.63, 3.8) is 0 Å². The second kappa shape index (κ2) is 8.06. The van der Waals surface area contributed by atoms with Crippen LogP contribution >= 0.6 is 0 Å². The summed E-state index contributed by atoms with van der Waals surface area (Å²) in [5.41, 5.74) is 5.69. The molecule has 3 unspecified atom stereocenters. The maximum Gasteiger partial charge on any atom is 0.164 e. The molecule has 4 nitrogen and oxygen atoms in total. The van der Waals surface area contributed by atoms with Crippen LogP contribution in [0, 0.1) is 18.8 Å². The van der Waals surface area contributed by atoms with Crippen molar-refractivity contribution < 1.29 is 0 Å². The molecular formula is C28H34N4. The third kappa shape index (κ3) is 3.64. The molecule has 0 spiro atoms.